The fourth-order valence-corrected chi connectivity index (χ4v) is 0.869. The number of hydrogen-bond acceptors (Lipinski definition) is 8. The van der Waals surface area contributed by atoms with Crippen molar-refractivity contribution in [3.05, 3.63) is 0 Å². The number of carboxylic acids is 1. The molecular formula is C6H8Na4O10S. The van der Waals surface area contributed by atoms with E-state index in [4.69, 9.17) is 9.66 Å². The summed E-state index contributed by atoms with van der Waals surface area (Å²) in [5, 5.41) is 8.09. The Morgan fingerprint density at radius 2 is 1.33 bits per heavy atom. The maximum Gasteiger partial charge on any atom is 0.448 e. The number of carbonyl (C=O) groups excluding carboxylic acids is 2. The van der Waals surface area contributed by atoms with Crippen LogP contribution in [0.15, 0.2) is 0 Å². The molecule has 0 bridgehead atoms. The van der Waals surface area contributed by atoms with E-state index >= 15 is 0 Å². The van der Waals surface area contributed by atoms with E-state index in [0.717, 1.165) is 0 Å². The molecule has 0 aromatic carbocycles. The standard InChI is InChI=1S/C6H8O10S.4Na/c7-4(8)3-14-15-5(9)1-2-6(10)16-17(11,12)13;;;;/h1-3H2,(H,7,8)(H,11,12,13);;;;. The van der Waals surface area contributed by atoms with E-state index in [2.05, 4.69) is 14.0 Å². The van der Waals surface area contributed by atoms with E-state index in [1.807, 2.05) is 0 Å². The smallest absolute Gasteiger partial charge is 0.448 e. The SMILES string of the molecule is O=C(O)COOC(=O)CCC(=O)OS(=O)(=O)O.[Na].[Na].[Na].[Na]. The van der Waals surface area contributed by atoms with Crippen LogP contribution in [-0.4, -0.2) is 161 Å². The number of aliphatic carboxylic acids is 1. The zero-order chi connectivity index (χ0) is 13.5. The second kappa shape index (κ2) is 18.6. The Balaban J connectivity index is -0.000000213. The Morgan fingerprint density at radius 1 is 0.905 bits per heavy atom. The van der Waals surface area contributed by atoms with Gasteiger partial charge in [0.2, 0.25) is 0 Å². The summed E-state index contributed by atoms with van der Waals surface area (Å²) in [4.78, 5) is 39.1. The van der Waals surface area contributed by atoms with Gasteiger partial charge in [-0.05, 0) is 0 Å². The van der Waals surface area contributed by atoms with Crippen LogP contribution in [0.3, 0.4) is 0 Å². The normalized spacial score (nSPS) is 8.62. The molecule has 0 aliphatic rings. The molecule has 0 aliphatic heterocycles. The maximum atomic E-state index is 10.7. The van der Waals surface area contributed by atoms with Gasteiger partial charge < -0.3 is 9.29 Å². The van der Waals surface area contributed by atoms with Crippen LogP contribution in [0.1, 0.15) is 12.8 Å². The van der Waals surface area contributed by atoms with Crippen molar-refractivity contribution in [2.75, 3.05) is 6.61 Å². The molecule has 10 nitrogen and oxygen atoms in total. The van der Waals surface area contributed by atoms with Crippen LogP contribution >= 0.6 is 0 Å². The molecule has 0 amide bonds. The molecule has 15 heteroatoms. The van der Waals surface area contributed by atoms with Crippen molar-refractivity contribution in [3.63, 3.8) is 0 Å². The second-order valence-electron chi connectivity index (χ2n) is 2.49. The second-order valence-corrected chi connectivity index (χ2v) is 3.52. The fraction of sp³-hybridized carbons (Fsp3) is 0.500. The van der Waals surface area contributed by atoms with Gasteiger partial charge in [-0.15, -0.1) is 0 Å². The van der Waals surface area contributed by atoms with E-state index < -0.39 is 47.8 Å². The quantitative estimate of drug-likeness (QED) is 0.209. The summed E-state index contributed by atoms with van der Waals surface area (Å²) in [5.41, 5.74) is 0. The minimum atomic E-state index is -4.91. The van der Waals surface area contributed by atoms with Gasteiger partial charge in [-0.2, -0.15) is 13.3 Å². The Labute approximate surface area is 209 Å². The third kappa shape index (κ3) is 27.4. The van der Waals surface area contributed by atoms with E-state index in [9.17, 15) is 22.8 Å². The molecule has 21 heavy (non-hydrogen) atoms. The molecule has 0 unspecified atom stereocenters. The van der Waals surface area contributed by atoms with E-state index in [0.29, 0.717) is 0 Å². The van der Waals surface area contributed by atoms with Gasteiger partial charge in [-0.3, -0.25) is 14.2 Å². The number of carbonyl (C=O) groups is 3. The molecular weight excluding hydrogens is 356 g/mol. The Bertz CT molecular complexity index is 410. The average molecular weight is 364 g/mol. The van der Waals surface area contributed by atoms with Crippen molar-refractivity contribution in [1.82, 2.24) is 0 Å². The summed E-state index contributed by atoms with van der Waals surface area (Å²) in [6.07, 6.45) is -1.29. The molecule has 0 fully saturated rings. The minimum Gasteiger partial charge on any atom is -0.479 e. The predicted molar refractivity (Wildman–Crippen MR) is 69.6 cm³/mol. The van der Waals surface area contributed by atoms with Gasteiger partial charge in [0.1, 0.15) is 0 Å². The zero-order valence-electron chi connectivity index (χ0n) is 12.2. The molecule has 0 aliphatic carbocycles. The molecule has 0 saturated carbocycles. The molecule has 4 radical (unpaired) electrons. The van der Waals surface area contributed by atoms with Gasteiger partial charge >= 0.3 is 28.3 Å². The van der Waals surface area contributed by atoms with E-state index in [-0.39, 0.29) is 118 Å². The first kappa shape index (κ1) is 34.6. The Hall–Kier alpha value is 2.28. The Morgan fingerprint density at radius 3 is 1.71 bits per heavy atom. The summed E-state index contributed by atoms with van der Waals surface area (Å²) >= 11 is 0. The van der Waals surface area contributed by atoms with Crippen molar-refractivity contribution in [3.8, 4) is 0 Å². The molecule has 0 aromatic heterocycles. The van der Waals surface area contributed by atoms with E-state index in [1.54, 1.807) is 0 Å². The van der Waals surface area contributed by atoms with Crippen molar-refractivity contribution >= 4 is 147 Å². The van der Waals surface area contributed by atoms with Gasteiger partial charge in [-0.1, -0.05) is 0 Å². The Kier molecular flexibility index (Phi) is 30.7. The summed E-state index contributed by atoms with van der Waals surface area (Å²) in [6, 6.07) is 0. The number of rotatable bonds is 7. The van der Waals surface area contributed by atoms with Crippen LogP contribution in [0, 0.1) is 0 Å². The zero-order valence-corrected chi connectivity index (χ0v) is 21.0. The van der Waals surface area contributed by atoms with Crippen LogP contribution in [0.2, 0.25) is 0 Å². The van der Waals surface area contributed by atoms with Gasteiger partial charge in [0, 0.05) is 118 Å². The molecule has 0 heterocycles. The third-order valence-electron chi connectivity index (χ3n) is 1.07. The van der Waals surface area contributed by atoms with Crippen molar-refractivity contribution in [1.29, 1.82) is 0 Å². The van der Waals surface area contributed by atoms with Crippen LogP contribution in [0.25, 0.3) is 0 Å². The van der Waals surface area contributed by atoms with Crippen molar-refractivity contribution in [2.45, 2.75) is 12.8 Å². The molecule has 0 rings (SSSR count). The first-order valence-corrected chi connectivity index (χ1v) is 5.31. The van der Waals surface area contributed by atoms with E-state index in [1.165, 1.54) is 0 Å². The van der Waals surface area contributed by atoms with Crippen LogP contribution in [0.5, 0.6) is 0 Å². The molecule has 0 aromatic rings. The van der Waals surface area contributed by atoms with Crippen LogP contribution in [-0.2, 0) is 38.7 Å². The molecule has 0 saturated heterocycles. The minimum absolute atomic E-state index is 0. The summed E-state index contributed by atoms with van der Waals surface area (Å²) < 4.78 is 31.6. The van der Waals surface area contributed by atoms with Gasteiger partial charge in [0.15, 0.2) is 6.61 Å². The van der Waals surface area contributed by atoms with Crippen molar-refractivity contribution < 1.29 is 46.4 Å². The summed E-state index contributed by atoms with van der Waals surface area (Å²) in [7, 11) is -4.91. The summed E-state index contributed by atoms with van der Waals surface area (Å²) in [5.74, 6) is -3.84. The topological polar surface area (TPSA) is 154 Å². The third-order valence-corrected chi connectivity index (χ3v) is 1.46. The van der Waals surface area contributed by atoms with Gasteiger partial charge in [-0.25, -0.2) is 9.59 Å². The first-order chi connectivity index (χ1) is 7.70. The number of hydrogen-bond donors (Lipinski definition) is 2. The van der Waals surface area contributed by atoms with Crippen molar-refractivity contribution in [2.24, 2.45) is 0 Å². The molecule has 102 valence electrons. The fourth-order valence-electron chi connectivity index (χ4n) is 0.551. The van der Waals surface area contributed by atoms with Crippen LogP contribution in [0.4, 0.5) is 0 Å². The van der Waals surface area contributed by atoms with Gasteiger partial charge in [0.05, 0.1) is 12.8 Å². The molecule has 0 atom stereocenters. The predicted octanol–water partition coefficient (Wildman–Crippen LogP) is -2.85. The average Bonchev–Trinajstić information content (AvgIpc) is 2.11. The summed E-state index contributed by atoms with van der Waals surface area (Å²) in [6.45, 7) is -0.874. The molecule has 2 N–H and O–H groups in total. The number of carboxylic acid groups (broad SMARTS) is 1. The largest absolute Gasteiger partial charge is 0.479 e. The monoisotopic (exact) mass is 364 g/mol. The van der Waals surface area contributed by atoms with Crippen LogP contribution < -0.4 is 0 Å². The molecule has 0 spiro atoms. The maximum absolute atomic E-state index is 10.7. The first-order valence-electron chi connectivity index (χ1n) is 3.94. The van der Waals surface area contributed by atoms with Gasteiger partial charge in [0.25, 0.3) is 0 Å².